The molecule has 0 saturated carbocycles. The number of nitrogens with two attached hydrogens (primary N) is 1. The fraction of sp³-hybridized carbons (Fsp3) is 0.333. The molecule has 3 heterocycles. The molecule has 0 aliphatic carbocycles. The number of pyridine rings is 1. The van der Waals surface area contributed by atoms with Gasteiger partial charge in [0, 0.05) is 31.3 Å². The molecule has 0 radical (unpaired) electrons. The molecular weight excluding hydrogens is 330 g/mol. The zero-order valence-corrected chi connectivity index (χ0v) is 15.1. The number of aromatic nitrogens is 4. The van der Waals surface area contributed by atoms with Gasteiger partial charge in [0.1, 0.15) is 23.3 Å². The van der Waals surface area contributed by atoms with Crippen molar-refractivity contribution >= 4 is 17.3 Å². The Bertz CT molecular complexity index is 987. The van der Waals surface area contributed by atoms with E-state index in [1.807, 2.05) is 32.0 Å². The van der Waals surface area contributed by atoms with Crippen molar-refractivity contribution in [3.63, 3.8) is 0 Å². The first kappa shape index (κ1) is 17.6. The summed E-state index contributed by atoms with van der Waals surface area (Å²) in [4.78, 5) is 9.08. The SMILES string of the molecule is COCc1cccc(CCNc2nc3c(C)c(C)nn3c(N)c2C#N)n1. The molecule has 0 amide bonds. The summed E-state index contributed by atoms with van der Waals surface area (Å²) in [6.07, 6.45) is 0.687. The first-order valence-corrected chi connectivity index (χ1v) is 8.28. The van der Waals surface area contributed by atoms with Crippen LogP contribution in [0.5, 0.6) is 0 Å². The average molecular weight is 351 g/mol. The Morgan fingerprint density at radius 2 is 2.04 bits per heavy atom. The van der Waals surface area contributed by atoms with Crippen molar-refractivity contribution in [1.29, 1.82) is 5.26 Å². The third-order valence-corrected chi connectivity index (χ3v) is 4.21. The van der Waals surface area contributed by atoms with Gasteiger partial charge in [0.15, 0.2) is 5.65 Å². The molecule has 0 aromatic carbocycles. The lowest BCUT2D eigenvalue weighted by molar-refractivity contribution is 0.181. The van der Waals surface area contributed by atoms with Gasteiger partial charge in [-0.15, -0.1) is 0 Å². The fourth-order valence-corrected chi connectivity index (χ4v) is 2.73. The van der Waals surface area contributed by atoms with Crippen LogP contribution in [0, 0.1) is 25.2 Å². The van der Waals surface area contributed by atoms with Crippen LogP contribution in [0.3, 0.4) is 0 Å². The smallest absolute Gasteiger partial charge is 0.162 e. The Balaban J connectivity index is 1.81. The van der Waals surface area contributed by atoms with Crippen molar-refractivity contribution in [3.8, 4) is 6.07 Å². The predicted octanol–water partition coefficient (Wildman–Crippen LogP) is 2.00. The van der Waals surface area contributed by atoms with E-state index in [0.29, 0.717) is 36.6 Å². The number of nitrogens with zero attached hydrogens (tertiary/aromatic N) is 5. The number of nitrogens with one attached hydrogen (secondary N) is 1. The minimum atomic E-state index is 0.288. The van der Waals surface area contributed by atoms with E-state index in [1.165, 1.54) is 4.52 Å². The van der Waals surface area contributed by atoms with Gasteiger partial charge < -0.3 is 15.8 Å². The average Bonchev–Trinajstić information content (AvgIpc) is 2.91. The summed E-state index contributed by atoms with van der Waals surface area (Å²) in [5.74, 6) is 0.755. The van der Waals surface area contributed by atoms with Crippen LogP contribution < -0.4 is 11.1 Å². The molecule has 0 aliphatic heterocycles. The number of aryl methyl sites for hydroxylation is 2. The molecule has 0 fully saturated rings. The second-order valence-corrected chi connectivity index (χ2v) is 6.01. The largest absolute Gasteiger partial charge is 0.382 e. The number of fused-ring (bicyclic) bond motifs is 1. The predicted molar refractivity (Wildman–Crippen MR) is 98.7 cm³/mol. The maximum Gasteiger partial charge on any atom is 0.162 e. The van der Waals surface area contributed by atoms with Gasteiger partial charge >= 0.3 is 0 Å². The van der Waals surface area contributed by atoms with Gasteiger partial charge in [-0.3, -0.25) is 4.98 Å². The Morgan fingerprint density at radius 1 is 1.27 bits per heavy atom. The quantitative estimate of drug-likeness (QED) is 0.698. The molecular formula is C18H21N7O. The molecule has 3 rings (SSSR count). The second-order valence-electron chi connectivity index (χ2n) is 6.01. The van der Waals surface area contributed by atoms with Crippen LogP contribution in [-0.2, 0) is 17.8 Å². The lowest BCUT2D eigenvalue weighted by Crippen LogP contribution is -2.13. The number of anilines is 2. The number of methoxy groups -OCH3 is 1. The normalized spacial score (nSPS) is 10.8. The highest BCUT2D eigenvalue weighted by Crippen LogP contribution is 2.24. The van der Waals surface area contributed by atoms with Gasteiger partial charge in [-0.05, 0) is 26.0 Å². The Kier molecular flexibility index (Phi) is 5.00. The number of rotatable bonds is 6. The molecule has 0 atom stereocenters. The molecule has 3 aromatic heterocycles. The van der Waals surface area contributed by atoms with Gasteiger partial charge in [-0.1, -0.05) is 6.07 Å². The maximum atomic E-state index is 9.47. The second kappa shape index (κ2) is 7.37. The van der Waals surface area contributed by atoms with Crippen LogP contribution >= 0.6 is 0 Å². The van der Waals surface area contributed by atoms with Gasteiger partial charge in [-0.2, -0.15) is 14.9 Å². The minimum Gasteiger partial charge on any atom is -0.382 e. The summed E-state index contributed by atoms with van der Waals surface area (Å²) in [7, 11) is 1.64. The van der Waals surface area contributed by atoms with E-state index >= 15 is 0 Å². The van der Waals surface area contributed by atoms with Crippen LogP contribution in [-0.4, -0.2) is 33.2 Å². The molecule has 8 nitrogen and oxygen atoms in total. The van der Waals surface area contributed by atoms with Gasteiger partial charge in [-0.25, -0.2) is 4.98 Å². The zero-order valence-electron chi connectivity index (χ0n) is 15.1. The topological polar surface area (TPSA) is 114 Å². The maximum absolute atomic E-state index is 9.47. The van der Waals surface area contributed by atoms with Crippen molar-refractivity contribution in [2.45, 2.75) is 26.9 Å². The summed E-state index contributed by atoms with van der Waals surface area (Å²) in [5.41, 5.74) is 10.7. The van der Waals surface area contributed by atoms with E-state index in [4.69, 9.17) is 10.5 Å². The van der Waals surface area contributed by atoms with Crippen LogP contribution in [0.1, 0.15) is 28.2 Å². The molecule has 134 valence electrons. The van der Waals surface area contributed by atoms with E-state index in [9.17, 15) is 5.26 Å². The number of hydrogen-bond acceptors (Lipinski definition) is 7. The lowest BCUT2D eigenvalue weighted by atomic mass is 10.2. The Labute approximate surface area is 151 Å². The van der Waals surface area contributed by atoms with E-state index in [2.05, 4.69) is 26.5 Å². The molecule has 0 bridgehead atoms. The summed E-state index contributed by atoms with van der Waals surface area (Å²) in [6.45, 7) is 4.88. The molecule has 8 heteroatoms. The monoisotopic (exact) mass is 351 g/mol. The number of hydrogen-bond donors (Lipinski definition) is 2. The fourth-order valence-electron chi connectivity index (χ4n) is 2.73. The Hall–Kier alpha value is -3.18. The van der Waals surface area contributed by atoms with Crippen LogP contribution in [0.4, 0.5) is 11.6 Å². The highest BCUT2D eigenvalue weighted by Gasteiger charge is 2.16. The van der Waals surface area contributed by atoms with Crippen LogP contribution in [0.25, 0.3) is 5.65 Å². The van der Waals surface area contributed by atoms with Gasteiger partial charge in [0.2, 0.25) is 0 Å². The summed E-state index contributed by atoms with van der Waals surface area (Å²) in [5, 5.41) is 17.0. The third kappa shape index (κ3) is 3.30. The molecule has 26 heavy (non-hydrogen) atoms. The highest BCUT2D eigenvalue weighted by atomic mass is 16.5. The van der Waals surface area contributed by atoms with Gasteiger partial charge in [0.05, 0.1) is 18.0 Å². The third-order valence-electron chi connectivity index (χ3n) is 4.21. The first-order chi connectivity index (χ1) is 12.5. The molecule has 0 saturated heterocycles. The molecule has 3 N–H and O–H groups in total. The van der Waals surface area contributed by atoms with Crippen LogP contribution in [0.15, 0.2) is 18.2 Å². The number of nitriles is 1. The summed E-state index contributed by atoms with van der Waals surface area (Å²) in [6, 6.07) is 7.96. The molecule has 0 unspecified atom stereocenters. The van der Waals surface area contributed by atoms with E-state index in [-0.39, 0.29) is 5.82 Å². The van der Waals surface area contributed by atoms with E-state index in [1.54, 1.807) is 7.11 Å². The summed E-state index contributed by atoms with van der Waals surface area (Å²) < 4.78 is 6.63. The molecule has 0 spiro atoms. The minimum absolute atomic E-state index is 0.288. The standard InChI is InChI=1S/C18H21N7O/c1-11-12(2)24-25-16(20)15(9-19)17(23-18(11)25)21-8-7-13-5-4-6-14(22-13)10-26-3/h4-6H,7-8,10,20H2,1-3H3,(H,21,23). The van der Waals surface area contributed by atoms with Crippen molar-refractivity contribution in [1.82, 2.24) is 19.6 Å². The molecule has 0 aliphatic rings. The van der Waals surface area contributed by atoms with Crippen molar-refractivity contribution < 1.29 is 4.74 Å². The van der Waals surface area contributed by atoms with Gasteiger partial charge in [0.25, 0.3) is 0 Å². The highest BCUT2D eigenvalue weighted by molar-refractivity contribution is 5.69. The Morgan fingerprint density at radius 3 is 2.77 bits per heavy atom. The van der Waals surface area contributed by atoms with Crippen LogP contribution in [0.2, 0.25) is 0 Å². The van der Waals surface area contributed by atoms with Crippen molar-refractivity contribution in [2.24, 2.45) is 0 Å². The summed E-state index contributed by atoms with van der Waals surface area (Å²) >= 11 is 0. The first-order valence-electron chi connectivity index (χ1n) is 8.28. The zero-order chi connectivity index (χ0) is 18.7. The van der Waals surface area contributed by atoms with Crippen molar-refractivity contribution in [3.05, 3.63) is 46.4 Å². The molecule has 3 aromatic rings. The number of nitrogen functional groups attached to an aromatic ring is 1. The van der Waals surface area contributed by atoms with E-state index in [0.717, 1.165) is 22.6 Å². The van der Waals surface area contributed by atoms with Crippen molar-refractivity contribution in [2.75, 3.05) is 24.7 Å². The lowest BCUT2D eigenvalue weighted by Gasteiger charge is -2.10. The van der Waals surface area contributed by atoms with E-state index < -0.39 is 0 Å². The number of ether oxygens (including phenoxy) is 1.